The molecule has 3 aromatic heterocycles. The molecule has 200 valence electrons. The maximum absolute atomic E-state index is 6.06. The molecule has 5 heterocycles. The minimum absolute atomic E-state index is 0. The monoisotopic (exact) mass is 564 g/mol. The van der Waals surface area contributed by atoms with E-state index in [0.29, 0.717) is 28.3 Å². The Morgan fingerprint density at radius 1 is 0.692 bits per heavy atom. The number of fused-ring (bicyclic) bond motifs is 8. The third-order valence-corrected chi connectivity index (χ3v) is 6.49. The molecule has 39 heavy (non-hydrogen) atoms. The largest absolute Gasteiger partial charge is 0.494 e. The van der Waals surface area contributed by atoms with Gasteiger partial charge in [0.2, 0.25) is 0 Å². The minimum Gasteiger partial charge on any atom is -0.494 e. The second kappa shape index (κ2) is 10.7. The van der Waals surface area contributed by atoms with Crippen LogP contribution in [0.25, 0.3) is 57.5 Å². The Hall–Kier alpha value is -4.49. The Balaban J connectivity index is 0.00000308. The summed E-state index contributed by atoms with van der Waals surface area (Å²) in [6, 6.07) is 17.8. The van der Waals surface area contributed by atoms with Gasteiger partial charge in [-0.3, -0.25) is 0 Å². The number of aromatic nitrogens is 4. The van der Waals surface area contributed by atoms with Crippen molar-refractivity contribution in [3.05, 3.63) is 77.4 Å². The second-order valence-electron chi connectivity index (χ2n) is 8.71. The molecule has 0 saturated heterocycles. The summed E-state index contributed by atoms with van der Waals surface area (Å²) >= 11 is 0. The van der Waals surface area contributed by atoms with E-state index < -0.39 is 0 Å². The molecule has 1 aromatic carbocycles. The summed E-state index contributed by atoms with van der Waals surface area (Å²) in [7, 11) is 6.49. The third kappa shape index (κ3) is 4.55. The van der Waals surface area contributed by atoms with Crippen molar-refractivity contribution in [2.75, 3.05) is 28.4 Å². The summed E-state index contributed by atoms with van der Waals surface area (Å²) in [5, 5.41) is 0. The number of benzene rings is 1. The maximum Gasteiger partial charge on any atom is 0.177 e. The van der Waals surface area contributed by atoms with Crippen LogP contribution in [0.4, 0.5) is 0 Å². The molecule has 0 unspecified atom stereocenters. The minimum atomic E-state index is 0. The van der Waals surface area contributed by atoms with Crippen LogP contribution in [0.5, 0.6) is 17.2 Å². The first kappa shape index (κ1) is 26.1. The van der Waals surface area contributed by atoms with E-state index >= 15 is 0 Å². The first-order chi connectivity index (χ1) is 18.6. The predicted molar refractivity (Wildman–Crippen MR) is 150 cm³/mol. The van der Waals surface area contributed by atoms with Crippen LogP contribution in [0.15, 0.2) is 54.6 Å². The number of ether oxygens (including phenoxy) is 3. The number of rotatable bonds is 5. The van der Waals surface area contributed by atoms with Crippen LogP contribution in [-0.4, -0.2) is 48.1 Å². The molecule has 8 bridgehead atoms. The van der Waals surface area contributed by atoms with E-state index in [0.717, 1.165) is 44.9 Å². The quantitative estimate of drug-likeness (QED) is 0.263. The number of H-pyrrole nitrogens is 1. The van der Waals surface area contributed by atoms with Gasteiger partial charge >= 0.3 is 0 Å². The SMILES string of the molecule is COc1cc2cc3nc(cc4nc(cc5c(-c6ccccc6)c(OC)c(c(OC)c1[nH]2)n5OC)C=C4)C=C3.[Ni]. The molecule has 8 nitrogen and oxygen atoms in total. The predicted octanol–water partition coefficient (Wildman–Crippen LogP) is 5.88. The molecule has 6 rings (SSSR count). The molecule has 0 spiro atoms. The Kier molecular flexibility index (Phi) is 7.18. The summed E-state index contributed by atoms with van der Waals surface area (Å²) < 4.78 is 19.5. The summed E-state index contributed by atoms with van der Waals surface area (Å²) in [6.45, 7) is 0. The normalized spacial score (nSPS) is 11.7. The standard InChI is InChI=1S/C30H26N4O4.Ni/c1-35-25-17-23-15-21-11-10-19(31-21)14-20-12-13-22(32-20)16-24-26(18-8-6-5-7-9-18)29(36-2)28(34(24)38-4)30(37-3)27(25)33-23;/h5-17,33H,1-4H3;. The molecule has 0 aliphatic carbocycles. The summed E-state index contributed by atoms with van der Waals surface area (Å²) in [6.07, 6.45) is 7.87. The van der Waals surface area contributed by atoms with Crippen molar-refractivity contribution in [2.45, 2.75) is 0 Å². The van der Waals surface area contributed by atoms with Crippen LogP contribution in [0.1, 0.15) is 22.8 Å². The van der Waals surface area contributed by atoms with Crippen LogP contribution in [-0.2, 0) is 16.5 Å². The van der Waals surface area contributed by atoms with Gasteiger partial charge in [0.05, 0.1) is 55.2 Å². The molecular weight excluding hydrogens is 539 g/mol. The molecule has 2 aliphatic heterocycles. The van der Waals surface area contributed by atoms with Crippen LogP contribution in [0.2, 0.25) is 0 Å². The number of methoxy groups -OCH3 is 3. The molecule has 0 fully saturated rings. The van der Waals surface area contributed by atoms with E-state index in [1.807, 2.05) is 78.9 Å². The topological polar surface area (TPSA) is 83.4 Å². The Morgan fingerprint density at radius 2 is 1.31 bits per heavy atom. The van der Waals surface area contributed by atoms with Gasteiger partial charge in [-0.2, -0.15) is 4.73 Å². The van der Waals surface area contributed by atoms with Crippen molar-refractivity contribution < 1.29 is 35.5 Å². The van der Waals surface area contributed by atoms with Gasteiger partial charge in [0.25, 0.3) is 0 Å². The zero-order valence-electron chi connectivity index (χ0n) is 21.8. The van der Waals surface area contributed by atoms with Crippen LogP contribution in [0.3, 0.4) is 0 Å². The molecule has 0 atom stereocenters. The smallest absolute Gasteiger partial charge is 0.177 e. The van der Waals surface area contributed by atoms with Gasteiger partial charge in [0.15, 0.2) is 17.0 Å². The first-order valence-corrected chi connectivity index (χ1v) is 12.1. The van der Waals surface area contributed by atoms with E-state index in [4.69, 9.17) is 29.0 Å². The van der Waals surface area contributed by atoms with E-state index in [1.165, 1.54) is 0 Å². The van der Waals surface area contributed by atoms with Gasteiger partial charge in [0.1, 0.15) is 18.4 Å². The molecule has 2 aliphatic rings. The van der Waals surface area contributed by atoms with Crippen molar-refractivity contribution in [1.29, 1.82) is 0 Å². The Labute approximate surface area is 235 Å². The van der Waals surface area contributed by atoms with Crippen LogP contribution in [0, 0.1) is 0 Å². The van der Waals surface area contributed by atoms with Crippen molar-refractivity contribution in [2.24, 2.45) is 0 Å². The fourth-order valence-corrected chi connectivity index (χ4v) is 4.89. The number of hydrogen-bond acceptors (Lipinski definition) is 6. The average Bonchev–Trinajstić information content (AvgIpc) is 3.72. The fraction of sp³-hybridized carbons (Fsp3) is 0.133. The molecule has 0 radical (unpaired) electrons. The second-order valence-corrected chi connectivity index (χ2v) is 8.71. The van der Waals surface area contributed by atoms with Crippen molar-refractivity contribution in [3.63, 3.8) is 0 Å². The van der Waals surface area contributed by atoms with E-state index in [-0.39, 0.29) is 16.5 Å². The number of aromatic amines is 1. The first-order valence-electron chi connectivity index (χ1n) is 12.1. The Morgan fingerprint density at radius 3 is 1.90 bits per heavy atom. The van der Waals surface area contributed by atoms with Gasteiger partial charge in [-0.05, 0) is 48.1 Å². The molecule has 1 N–H and O–H groups in total. The Bertz CT molecular complexity index is 1770. The third-order valence-electron chi connectivity index (χ3n) is 6.49. The van der Waals surface area contributed by atoms with Crippen LogP contribution < -0.4 is 19.0 Å². The van der Waals surface area contributed by atoms with Gasteiger partial charge < -0.3 is 24.0 Å². The zero-order valence-corrected chi connectivity index (χ0v) is 22.8. The van der Waals surface area contributed by atoms with E-state index in [1.54, 1.807) is 33.2 Å². The zero-order chi connectivity index (χ0) is 26.2. The average molecular weight is 565 g/mol. The molecule has 4 aromatic rings. The maximum atomic E-state index is 6.06. The molecule has 0 amide bonds. The molecule has 0 saturated carbocycles. The summed E-state index contributed by atoms with van der Waals surface area (Å²) in [5.74, 6) is 1.69. The molecule has 9 heteroatoms. The van der Waals surface area contributed by atoms with Gasteiger partial charge in [0, 0.05) is 28.1 Å². The van der Waals surface area contributed by atoms with Gasteiger partial charge in [-0.1, -0.05) is 30.3 Å². The van der Waals surface area contributed by atoms with Gasteiger partial charge in [-0.15, -0.1) is 0 Å². The van der Waals surface area contributed by atoms with E-state index in [9.17, 15) is 0 Å². The van der Waals surface area contributed by atoms with Crippen molar-refractivity contribution in [1.82, 2.24) is 19.7 Å². The summed E-state index contributed by atoms with van der Waals surface area (Å²) in [5.41, 5.74) is 7.80. The van der Waals surface area contributed by atoms with E-state index in [2.05, 4.69) is 4.98 Å². The van der Waals surface area contributed by atoms with Crippen molar-refractivity contribution in [3.8, 4) is 28.4 Å². The number of nitrogens with zero attached hydrogens (tertiary/aromatic N) is 3. The van der Waals surface area contributed by atoms with Crippen molar-refractivity contribution >= 4 is 46.4 Å². The molecular formula is C30H26N4NiO4. The summed E-state index contributed by atoms with van der Waals surface area (Å²) in [4.78, 5) is 19.0. The fourth-order valence-electron chi connectivity index (χ4n) is 4.89. The van der Waals surface area contributed by atoms with Gasteiger partial charge in [-0.25, -0.2) is 9.97 Å². The number of nitrogens with one attached hydrogen (secondary N) is 1. The number of hydrogen-bond donors (Lipinski definition) is 1. The van der Waals surface area contributed by atoms with Crippen LogP contribution >= 0.6 is 0 Å².